The zero-order valence-corrected chi connectivity index (χ0v) is 12.0. The van der Waals surface area contributed by atoms with Crippen LogP contribution in [0.1, 0.15) is 25.6 Å². The number of hydrogen-bond donors (Lipinski definition) is 2. The molecule has 0 aliphatic rings. The molecular formula is C11H16BrNO2S. The fraction of sp³-hybridized carbons (Fsp3) is 0.545. The standard InChI is InChI=1S/C11H16BrNO2S/c1-7(14)10(15)13-6-11(2,3)8-4-5-9(12)16-8/h4-5,7,14H,6H2,1-3H3,(H,13,15). The van der Waals surface area contributed by atoms with E-state index >= 15 is 0 Å². The van der Waals surface area contributed by atoms with Gasteiger partial charge in [-0.2, -0.15) is 0 Å². The fourth-order valence-electron chi connectivity index (χ4n) is 1.22. The summed E-state index contributed by atoms with van der Waals surface area (Å²) in [5.74, 6) is -0.330. The van der Waals surface area contributed by atoms with Gasteiger partial charge in [0, 0.05) is 16.8 Å². The fourth-order valence-corrected chi connectivity index (χ4v) is 2.71. The van der Waals surface area contributed by atoms with Gasteiger partial charge in [0.05, 0.1) is 3.79 Å². The van der Waals surface area contributed by atoms with Crippen LogP contribution in [0.25, 0.3) is 0 Å². The first-order chi connectivity index (χ1) is 7.33. The Labute approximate surface area is 108 Å². The molecule has 0 spiro atoms. The number of aliphatic hydroxyl groups excluding tert-OH is 1. The zero-order chi connectivity index (χ0) is 12.3. The lowest BCUT2D eigenvalue weighted by molar-refractivity contribution is -0.128. The summed E-state index contributed by atoms with van der Waals surface area (Å²) >= 11 is 5.08. The molecule has 1 atom stereocenters. The third kappa shape index (κ3) is 3.57. The summed E-state index contributed by atoms with van der Waals surface area (Å²) in [6.07, 6.45) is -0.953. The highest BCUT2D eigenvalue weighted by Crippen LogP contribution is 2.32. The van der Waals surface area contributed by atoms with Gasteiger partial charge < -0.3 is 10.4 Å². The van der Waals surface area contributed by atoms with Gasteiger partial charge in [-0.05, 0) is 35.0 Å². The molecule has 1 amide bonds. The van der Waals surface area contributed by atoms with Crippen molar-refractivity contribution >= 4 is 33.2 Å². The third-order valence-corrected chi connectivity index (χ3v) is 4.31. The smallest absolute Gasteiger partial charge is 0.248 e. The van der Waals surface area contributed by atoms with E-state index in [1.807, 2.05) is 12.1 Å². The van der Waals surface area contributed by atoms with E-state index in [-0.39, 0.29) is 11.3 Å². The maximum atomic E-state index is 11.3. The number of thiophene rings is 1. The normalized spacial score (nSPS) is 13.6. The average molecular weight is 306 g/mol. The van der Waals surface area contributed by atoms with Gasteiger partial charge in [-0.3, -0.25) is 4.79 Å². The number of hydrogen-bond acceptors (Lipinski definition) is 3. The SMILES string of the molecule is CC(O)C(=O)NCC(C)(C)c1ccc(Br)s1. The number of halogens is 1. The van der Waals surface area contributed by atoms with E-state index in [4.69, 9.17) is 5.11 Å². The Morgan fingerprint density at radius 2 is 2.25 bits per heavy atom. The van der Waals surface area contributed by atoms with E-state index in [0.717, 1.165) is 3.79 Å². The van der Waals surface area contributed by atoms with Gasteiger partial charge >= 0.3 is 0 Å². The molecule has 1 heterocycles. The molecule has 0 bridgehead atoms. The Morgan fingerprint density at radius 1 is 1.62 bits per heavy atom. The lowest BCUT2D eigenvalue weighted by atomic mass is 9.91. The predicted octanol–water partition coefficient (Wildman–Crippen LogP) is 2.29. The number of rotatable bonds is 4. The molecule has 0 fully saturated rings. The second-order valence-electron chi connectivity index (χ2n) is 4.38. The Hall–Kier alpha value is -0.390. The van der Waals surface area contributed by atoms with E-state index in [2.05, 4.69) is 35.1 Å². The molecule has 16 heavy (non-hydrogen) atoms. The molecule has 1 aromatic rings. The Balaban J connectivity index is 2.62. The molecule has 0 saturated carbocycles. The molecule has 1 aromatic heterocycles. The van der Waals surface area contributed by atoms with Gasteiger partial charge in [-0.15, -0.1) is 11.3 Å². The molecule has 0 aromatic carbocycles. The second-order valence-corrected chi connectivity index (χ2v) is 6.84. The van der Waals surface area contributed by atoms with Crippen molar-refractivity contribution in [2.45, 2.75) is 32.3 Å². The van der Waals surface area contributed by atoms with Crippen LogP contribution in [0.3, 0.4) is 0 Å². The molecule has 0 saturated heterocycles. The van der Waals surface area contributed by atoms with Crippen molar-refractivity contribution in [3.8, 4) is 0 Å². The highest BCUT2D eigenvalue weighted by Gasteiger charge is 2.23. The van der Waals surface area contributed by atoms with E-state index in [1.54, 1.807) is 11.3 Å². The molecule has 0 radical (unpaired) electrons. The zero-order valence-electron chi connectivity index (χ0n) is 9.58. The minimum Gasteiger partial charge on any atom is -0.384 e. The van der Waals surface area contributed by atoms with Gasteiger partial charge in [0.25, 0.3) is 0 Å². The summed E-state index contributed by atoms with van der Waals surface area (Å²) < 4.78 is 1.08. The van der Waals surface area contributed by atoms with Gasteiger partial charge in [0.1, 0.15) is 6.10 Å². The summed E-state index contributed by atoms with van der Waals surface area (Å²) in [7, 11) is 0. The van der Waals surface area contributed by atoms with Crippen LogP contribution in [0.4, 0.5) is 0 Å². The van der Waals surface area contributed by atoms with Crippen LogP contribution < -0.4 is 5.32 Å². The van der Waals surface area contributed by atoms with E-state index in [1.165, 1.54) is 11.8 Å². The third-order valence-electron chi connectivity index (χ3n) is 2.32. The Kier molecular flexibility index (Phi) is 4.52. The van der Waals surface area contributed by atoms with Gasteiger partial charge in [-0.1, -0.05) is 13.8 Å². The average Bonchev–Trinajstić information content (AvgIpc) is 2.61. The van der Waals surface area contributed by atoms with Crippen LogP contribution in [0.15, 0.2) is 15.9 Å². The quantitative estimate of drug-likeness (QED) is 0.896. The van der Waals surface area contributed by atoms with Crippen molar-refractivity contribution in [3.63, 3.8) is 0 Å². The summed E-state index contributed by atoms with van der Waals surface area (Å²) in [6, 6.07) is 4.04. The van der Waals surface area contributed by atoms with E-state index < -0.39 is 6.10 Å². The number of aliphatic hydroxyl groups is 1. The van der Waals surface area contributed by atoms with Crippen molar-refractivity contribution in [1.29, 1.82) is 0 Å². The summed E-state index contributed by atoms with van der Waals surface area (Å²) in [4.78, 5) is 12.5. The maximum absolute atomic E-state index is 11.3. The molecule has 0 aliphatic carbocycles. The first-order valence-electron chi connectivity index (χ1n) is 5.04. The molecule has 3 nitrogen and oxygen atoms in total. The summed E-state index contributed by atoms with van der Waals surface area (Å²) in [5, 5.41) is 11.8. The van der Waals surface area contributed by atoms with Crippen LogP contribution in [-0.2, 0) is 10.2 Å². The second kappa shape index (κ2) is 5.29. The highest BCUT2D eigenvalue weighted by molar-refractivity contribution is 9.11. The summed E-state index contributed by atoms with van der Waals surface area (Å²) in [5.41, 5.74) is -0.124. The largest absolute Gasteiger partial charge is 0.384 e. The Bertz CT molecular complexity index is 374. The number of carbonyl (C=O) groups excluding carboxylic acids is 1. The van der Waals surface area contributed by atoms with Crippen LogP contribution in [0.2, 0.25) is 0 Å². The summed E-state index contributed by atoms with van der Waals surface area (Å²) in [6.45, 7) is 6.11. The maximum Gasteiger partial charge on any atom is 0.248 e. The van der Waals surface area contributed by atoms with Crippen molar-refractivity contribution in [2.75, 3.05) is 6.54 Å². The van der Waals surface area contributed by atoms with Crippen LogP contribution in [-0.4, -0.2) is 23.7 Å². The van der Waals surface area contributed by atoms with Crippen LogP contribution in [0, 0.1) is 0 Å². The van der Waals surface area contributed by atoms with Crippen molar-refractivity contribution in [1.82, 2.24) is 5.32 Å². The number of carbonyl (C=O) groups is 1. The van der Waals surface area contributed by atoms with Gasteiger partial charge in [0.2, 0.25) is 5.91 Å². The van der Waals surface area contributed by atoms with Crippen molar-refractivity contribution < 1.29 is 9.90 Å². The minimum atomic E-state index is -0.953. The number of nitrogens with one attached hydrogen (secondary N) is 1. The molecule has 0 aliphatic heterocycles. The van der Waals surface area contributed by atoms with E-state index in [9.17, 15) is 4.79 Å². The molecule has 5 heteroatoms. The topological polar surface area (TPSA) is 49.3 Å². The first kappa shape index (κ1) is 13.7. The minimum absolute atomic E-state index is 0.124. The lowest BCUT2D eigenvalue weighted by Gasteiger charge is -2.24. The number of amides is 1. The molecule has 90 valence electrons. The first-order valence-corrected chi connectivity index (χ1v) is 6.65. The lowest BCUT2D eigenvalue weighted by Crippen LogP contribution is -2.40. The molecular weight excluding hydrogens is 290 g/mol. The van der Waals surface area contributed by atoms with Crippen molar-refractivity contribution in [2.24, 2.45) is 0 Å². The Morgan fingerprint density at radius 3 is 2.69 bits per heavy atom. The van der Waals surface area contributed by atoms with Crippen LogP contribution >= 0.6 is 27.3 Å². The predicted molar refractivity (Wildman–Crippen MR) is 69.7 cm³/mol. The monoisotopic (exact) mass is 305 g/mol. The van der Waals surface area contributed by atoms with Crippen LogP contribution in [0.5, 0.6) is 0 Å². The highest BCUT2D eigenvalue weighted by atomic mass is 79.9. The van der Waals surface area contributed by atoms with Gasteiger partial charge in [-0.25, -0.2) is 0 Å². The molecule has 1 unspecified atom stereocenters. The molecule has 1 rings (SSSR count). The molecule has 2 N–H and O–H groups in total. The van der Waals surface area contributed by atoms with E-state index in [0.29, 0.717) is 6.54 Å². The van der Waals surface area contributed by atoms with Crippen molar-refractivity contribution in [3.05, 3.63) is 20.8 Å². The van der Waals surface area contributed by atoms with Gasteiger partial charge in [0.15, 0.2) is 0 Å².